The summed E-state index contributed by atoms with van der Waals surface area (Å²) in [5.41, 5.74) is 1.84. The number of carbonyl (C=O) groups is 1. The van der Waals surface area contributed by atoms with Crippen LogP contribution < -0.4 is 14.8 Å². The Morgan fingerprint density at radius 2 is 1.90 bits per heavy atom. The van der Waals surface area contributed by atoms with Crippen molar-refractivity contribution in [2.75, 3.05) is 13.7 Å². The Labute approximate surface area is 190 Å². The number of rotatable bonds is 10. The molecule has 3 aromatic rings. The molecular weight excluding hydrogens is 434 g/mol. The van der Waals surface area contributed by atoms with Gasteiger partial charge >= 0.3 is 0 Å². The van der Waals surface area contributed by atoms with E-state index in [-0.39, 0.29) is 10.9 Å². The Bertz CT molecular complexity index is 1040. The number of amides is 1. The van der Waals surface area contributed by atoms with Crippen molar-refractivity contribution in [3.8, 4) is 11.5 Å². The molecule has 6 nitrogen and oxygen atoms in total. The van der Waals surface area contributed by atoms with Crippen LogP contribution in [-0.2, 0) is 6.54 Å². The standard InChI is InChI=1S/C23H24ClN3O3S/c1-3-4-12-30-19-11-10-17(14-20(19)29-2)13-18(24)22-26-27-23(31-22)21(28)25-15-16-8-6-5-7-9-16/h5-11,13-14H,3-4,12,15H2,1-2H3,(H,25,28)/b18-13-. The summed E-state index contributed by atoms with van der Waals surface area (Å²) >= 11 is 7.57. The number of unbranched alkanes of at least 4 members (excludes halogenated alkanes) is 1. The lowest BCUT2D eigenvalue weighted by Gasteiger charge is -2.11. The molecule has 162 valence electrons. The fourth-order valence-electron chi connectivity index (χ4n) is 2.69. The lowest BCUT2D eigenvalue weighted by Crippen LogP contribution is -2.22. The topological polar surface area (TPSA) is 73.3 Å². The molecule has 0 aliphatic rings. The molecule has 1 heterocycles. The van der Waals surface area contributed by atoms with Crippen LogP contribution >= 0.6 is 22.9 Å². The van der Waals surface area contributed by atoms with Crippen LogP contribution in [0.15, 0.2) is 48.5 Å². The lowest BCUT2D eigenvalue weighted by atomic mass is 10.2. The average molecular weight is 458 g/mol. The van der Waals surface area contributed by atoms with Crippen molar-refractivity contribution in [1.29, 1.82) is 0 Å². The van der Waals surface area contributed by atoms with Crippen LogP contribution in [0.1, 0.15) is 45.7 Å². The average Bonchev–Trinajstić information content (AvgIpc) is 3.30. The van der Waals surface area contributed by atoms with Gasteiger partial charge in [0, 0.05) is 6.54 Å². The summed E-state index contributed by atoms with van der Waals surface area (Å²) in [7, 11) is 1.60. The van der Waals surface area contributed by atoms with Crippen LogP contribution in [0.4, 0.5) is 0 Å². The summed E-state index contributed by atoms with van der Waals surface area (Å²) in [5.74, 6) is 1.04. The smallest absolute Gasteiger partial charge is 0.282 e. The largest absolute Gasteiger partial charge is 0.493 e. The molecule has 1 aromatic heterocycles. The second-order valence-electron chi connectivity index (χ2n) is 6.69. The molecule has 0 atom stereocenters. The first-order valence-corrected chi connectivity index (χ1v) is 11.1. The van der Waals surface area contributed by atoms with Crippen molar-refractivity contribution in [1.82, 2.24) is 15.5 Å². The zero-order chi connectivity index (χ0) is 22.1. The Kier molecular flexibility index (Phi) is 8.44. The molecule has 3 rings (SSSR count). The number of hydrogen-bond donors (Lipinski definition) is 1. The first kappa shape index (κ1) is 22.8. The number of ether oxygens (including phenoxy) is 2. The maximum atomic E-state index is 12.3. The van der Waals surface area contributed by atoms with Crippen molar-refractivity contribution in [2.24, 2.45) is 0 Å². The quantitative estimate of drug-likeness (QED) is 0.413. The molecule has 1 amide bonds. The van der Waals surface area contributed by atoms with E-state index >= 15 is 0 Å². The molecule has 0 fully saturated rings. The lowest BCUT2D eigenvalue weighted by molar-refractivity contribution is 0.0950. The predicted molar refractivity (Wildman–Crippen MR) is 125 cm³/mol. The van der Waals surface area contributed by atoms with Crippen molar-refractivity contribution in [2.45, 2.75) is 26.3 Å². The van der Waals surface area contributed by atoms with Crippen molar-refractivity contribution >= 4 is 40.0 Å². The Hall–Kier alpha value is -2.90. The Balaban J connectivity index is 1.66. The number of aromatic nitrogens is 2. The molecule has 1 N–H and O–H groups in total. The number of hydrogen-bond acceptors (Lipinski definition) is 6. The van der Waals surface area contributed by atoms with E-state index in [9.17, 15) is 4.79 Å². The molecule has 31 heavy (non-hydrogen) atoms. The van der Waals surface area contributed by atoms with Gasteiger partial charge in [0.1, 0.15) is 0 Å². The zero-order valence-electron chi connectivity index (χ0n) is 17.4. The number of nitrogens with zero attached hydrogens (tertiary/aromatic N) is 2. The molecule has 0 bridgehead atoms. The van der Waals surface area contributed by atoms with E-state index in [0.29, 0.717) is 34.7 Å². The maximum Gasteiger partial charge on any atom is 0.282 e. The van der Waals surface area contributed by atoms with Gasteiger partial charge < -0.3 is 14.8 Å². The third kappa shape index (κ3) is 6.54. The summed E-state index contributed by atoms with van der Waals surface area (Å²) in [6, 6.07) is 15.3. The molecule has 0 radical (unpaired) electrons. The highest BCUT2D eigenvalue weighted by molar-refractivity contribution is 7.15. The van der Waals surface area contributed by atoms with Crippen LogP contribution in [0.2, 0.25) is 0 Å². The van der Waals surface area contributed by atoms with Gasteiger partial charge in [-0.3, -0.25) is 4.79 Å². The van der Waals surface area contributed by atoms with E-state index in [0.717, 1.165) is 35.3 Å². The predicted octanol–water partition coefficient (Wildman–Crippen LogP) is 5.39. The van der Waals surface area contributed by atoms with Gasteiger partial charge in [-0.05, 0) is 35.8 Å². The minimum absolute atomic E-state index is 0.259. The van der Waals surface area contributed by atoms with E-state index in [4.69, 9.17) is 21.1 Å². The van der Waals surface area contributed by atoms with Crippen molar-refractivity contribution < 1.29 is 14.3 Å². The van der Waals surface area contributed by atoms with Crippen LogP contribution in [0.25, 0.3) is 11.1 Å². The van der Waals surface area contributed by atoms with Gasteiger partial charge in [0.2, 0.25) is 5.01 Å². The highest BCUT2D eigenvalue weighted by Crippen LogP contribution is 2.31. The molecule has 0 aliphatic carbocycles. The van der Waals surface area contributed by atoms with Crippen LogP contribution in [0, 0.1) is 0 Å². The summed E-state index contributed by atoms with van der Waals surface area (Å²) < 4.78 is 11.2. The maximum absolute atomic E-state index is 12.3. The first-order valence-electron chi connectivity index (χ1n) is 9.94. The van der Waals surface area contributed by atoms with Crippen LogP contribution in [0.5, 0.6) is 11.5 Å². The minimum Gasteiger partial charge on any atom is -0.493 e. The summed E-state index contributed by atoms with van der Waals surface area (Å²) in [6.45, 7) is 3.18. The second kappa shape index (κ2) is 11.5. The molecule has 0 unspecified atom stereocenters. The molecule has 8 heteroatoms. The highest BCUT2D eigenvalue weighted by Gasteiger charge is 2.15. The summed E-state index contributed by atoms with van der Waals surface area (Å²) in [4.78, 5) is 12.3. The van der Waals surface area contributed by atoms with Crippen molar-refractivity contribution in [3.63, 3.8) is 0 Å². The minimum atomic E-state index is -0.285. The molecule has 0 spiro atoms. The molecule has 2 aromatic carbocycles. The normalized spacial score (nSPS) is 11.3. The highest BCUT2D eigenvalue weighted by atomic mass is 35.5. The molecule has 0 saturated carbocycles. The molecule has 0 saturated heterocycles. The summed E-state index contributed by atoms with van der Waals surface area (Å²) in [5, 5.41) is 12.0. The number of nitrogens with one attached hydrogen (secondary N) is 1. The van der Waals surface area contributed by atoms with Crippen LogP contribution in [-0.4, -0.2) is 29.8 Å². The van der Waals surface area contributed by atoms with E-state index < -0.39 is 0 Å². The number of methoxy groups -OCH3 is 1. The number of carbonyl (C=O) groups excluding carboxylic acids is 1. The van der Waals surface area contributed by atoms with Crippen LogP contribution in [0.3, 0.4) is 0 Å². The molecule has 0 aliphatic heterocycles. The third-order valence-electron chi connectivity index (χ3n) is 4.36. The van der Waals surface area contributed by atoms with Gasteiger partial charge in [0.05, 0.1) is 18.7 Å². The number of benzene rings is 2. The van der Waals surface area contributed by atoms with E-state index in [1.165, 1.54) is 0 Å². The number of halogens is 1. The van der Waals surface area contributed by atoms with E-state index in [1.807, 2.05) is 48.5 Å². The van der Waals surface area contributed by atoms with Gasteiger partial charge in [-0.1, -0.05) is 72.7 Å². The second-order valence-corrected chi connectivity index (χ2v) is 8.07. The van der Waals surface area contributed by atoms with Gasteiger partial charge in [0.25, 0.3) is 5.91 Å². The molecular formula is C23H24ClN3O3S. The van der Waals surface area contributed by atoms with Gasteiger partial charge in [-0.25, -0.2) is 0 Å². The van der Waals surface area contributed by atoms with Crippen molar-refractivity contribution in [3.05, 3.63) is 69.7 Å². The zero-order valence-corrected chi connectivity index (χ0v) is 19.0. The first-order chi connectivity index (χ1) is 15.1. The van der Waals surface area contributed by atoms with E-state index in [2.05, 4.69) is 22.4 Å². The fraction of sp³-hybridized carbons (Fsp3) is 0.261. The van der Waals surface area contributed by atoms with Gasteiger partial charge in [0.15, 0.2) is 16.5 Å². The monoisotopic (exact) mass is 457 g/mol. The van der Waals surface area contributed by atoms with E-state index in [1.54, 1.807) is 13.2 Å². The Morgan fingerprint density at radius 3 is 2.65 bits per heavy atom. The Morgan fingerprint density at radius 1 is 1.13 bits per heavy atom. The van der Waals surface area contributed by atoms with Gasteiger partial charge in [-0.15, -0.1) is 10.2 Å². The fourth-order valence-corrected chi connectivity index (χ4v) is 3.64. The summed E-state index contributed by atoms with van der Waals surface area (Å²) in [6.07, 6.45) is 3.80. The third-order valence-corrected chi connectivity index (χ3v) is 5.71. The van der Waals surface area contributed by atoms with Gasteiger partial charge in [-0.2, -0.15) is 0 Å². The SMILES string of the molecule is CCCCOc1ccc(/C=C(\Cl)c2nnc(C(=O)NCc3ccccc3)s2)cc1OC.